The van der Waals surface area contributed by atoms with Gasteiger partial charge in [-0.1, -0.05) is 43.3 Å². The summed E-state index contributed by atoms with van der Waals surface area (Å²) in [4.78, 5) is 29.5. The molecule has 34 heavy (non-hydrogen) atoms. The summed E-state index contributed by atoms with van der Waals surface area (Å²) in [5.41, 5.74) is 2.51. The molecular formula is C26H29N3O4S. The lowest BCUT2D eigenvalue weighted by Gasteiger charge is -2.30. The van der Waals surface area contributed by atoms with Crippen molar-refractivity contribution in [3.8, 4) is 0 Å². The molecule has 0 saturated carbocycles. The first-order valence-electron chi connectivity index (χ1n) is 11.8. The van der Waals surface area contributed by atoms with Gasteiger partial charge in [-0.2, -0.15) is 0 Å². The van der Waals surface area contributed by atoms with Crippen LogP contribution in [-0.2, 0) is 32.4 Å². The van der Waals surface area contributed by atoms with E-state index < -0.39 is 21.5 Å². The van der Waals surface area contributed by atoms with Crippen molar-refractivity contribution in [3.05, 3.63) is 60.3 Å². The van der Waals surface area contributed by atoms with Crippen molar-refractivity contribution in [2.24, 2.45) is 5.92 Å². The number of hydrogen-bond donors (Lipinski definition) is 0. The fourth-order valence-electron chi connectivity index (χ4n) is 5.01. The van der Waals surface area contributed by atoms with Crippen molar-refractivity contribution in [2.45, 2.75) is 37.6 Å². The summed E-state index contributed by atoms with van der Waals surface area (Å²) in [5.74, 6) is -0.428. The highest BCUT2D eigenvalue weighted by Crippen LogP contribution is 2.30. The quantitative estimate of drug-likeness (QED) is 0.563. The molecule has 2 amide bonds. The summed E-state index contributed by atoms with van der Waals surface area (Å²) < 4.78 is 28.5. The maximum absolute atomic E-state index is 13.4. The zero-order valence-corrected chi connectivity index (χ0v) is 20.1. The Bertz CT molecular complexity index is 1350. The third-order valence-corrected chi connectivity index (χ3v) is 8.65. The monoisotopic (exact) mass is 479 g/mol. The number of piperidine rings is 1. The average Bonchev–Trinajstić information content (AvgIpc) is 3.42. The second kappa shape index (κ2) is 8.91. The molecule has 2 aliphatic heterocycles. The van der Waals surface area contributed by atoms with Gasteiger partial charge in [0.15, 0.2) is 9.84 Å². The molecule has 3 heterocycles. The van der Waals surface area contributed by atoms with Crippen molar-refractivity contribution in [1.82, 2.24) is 9.47 Å². The topological polar surface area (TPSA) is 79.7 Å². The maximum atomic E-state index is 13.4. The number of benzene rings is 2. The number of carbonyl (C=O) groups excluding carboxylic acids is 2. The molecule has 5 rings (SSSR count). The molecule has 0 bridgehead atoms. The van der Waals surface area contributed by atoms with Crippen LogP contribution in [0.1, 0.15) is 25.3 Å². The molecule has 2 aromatic carbocycles. The highest BCUT2D eigenvalue weighted by Gasteiger charge is 2.31. The number of carbonyl (C=O) groups is 2. The van der Waals surface area contributed by atoms with Crippen molar-refractivity contribution in [1.29, 1.82) is 0 Å². The van der Waals surface area contributed by atoms with E-state index in [1.807, 2.05) is 41.3 Å². The van der Waals surface area contributed by atoms with Gasteiger partial charge in [0.2, 0.25) is 11.8 Å². The molecule has 3 aromatic rings. The molecule has 1 saturated heterocycles. The van der Waals surface area contributed by atoms with Crippen molar-refractivity contribution >= 4 is 38.2 Å². The summed E-state index contributed by atoms with van der Waals surface area (Å²) in [6.07, 6.45) is 4.22. The summed E-state index contributed by atoms with van der Waals surface area (Å²) in [7, 11) is -3.91. The number of hydrogen-bond acceptors (Lipinski definition) is 4. The maximum Gasteiger partial charge on any atom is 0.242 e. The Kier molecular flexibility index (Phi) is 5.93. The van der Waals surface area contributed by atoms with Crippen molar-refractivity contribution < 1.29 is 18.0 Å². The highest BCUT2D eigenvalue weighted by atomic mass is 32.2. The van der Waals surface area contributed by atoms with Crippen molar-refractivity contribution in [3.63, 3.8) is 0 Å². The lowest BCUT2D eigenvalue weighted by Crippen LogP contribution is -2.39. The normalized spacial score (nSPS) is 16.7. The van der Waals surface area contributed by atoms with Gasteiger partial charge < -0.3 is 14.4 Å². The van der Waals surface area contributed by atoms with Gasteiger partial charge in [-0.15, -0.1) is 0 Å². The van der Waals surface area contributed by atoms with Crippen LogP contribution in [0, 0.1) is 5.92 Å². The van der Waals surface area contributed by atoms with Crippen LogP contribution >= 0.6 is 0 Å². The number of sulfone groups is 1. The van der Waals surface area contributed by atoms with E-state index in [9.17, 15) is 18.0 Å². The minimum absolute atomic E-state index is 0.0126. The predicted molar refractivity (Wildman–Crippen MR) is 131 cm³/mol. The Labute approximate surface area is 199 Å². The molecule has 7 nitrogen and oxygen atoms in total. The first-order valence-corrected chi connectivity index (χ1v) is 13.5. The summed E-state index contributed by atoms with van der Waals surface area (Å²) in [5, 5.41) is 0.539. The number of anilines is 1. The first kappa shape index (κ1) is 22.7. The zero-order chi connectivity index (χ0) is 23.9. The molecule has 8 heteroatoms. The Morgan fingerprint density at radius 1 is 0.941 bits per heavy atom. The van der Waals surface area contributed by atoms with Crippen LogP contribution in [-0.4, -0.2) is 55.1 Å². The summed E-state index contributed by atoms with van der Waals surface area (Å²) in [6.45, 7) is 4.23. The van der Waals surface area contributed by atoms with E-state index in [2.05, 4.69) is 6.92 Å². The molecule has 0 radical (unpaired) electrons. The number of aromatic nitrogens is 1. The van der Waals surface area contributed by atoms with Gasteiger partial charge in [-0.3, -0.25) is 9.59 Å². The Balaban J connectivity index is 1.40. The minimum atomic E-state index is -3.91. The number of likely N-dealkylation sites (tertiary alicyclic amines) is 1. The van der Waals surface area contributed by atoms with Crippen LogP contribution in [0.15, 0.2) is 59.6 Å². The summed E-state index contributed by atoms with van der Waals surface area (Å²) in [6, 6.07) is 14.7. The number of nitrogens with zero attached hydrogens (tertiary/aromatic N) is 3. The Morgan fingerprint density at radius 3 is 2.44 bits per heavy atom. The second-order valence-electron chi connectivity index (χ2n) is 9.38. The number of para-hydroxylation sites is 2. The summed E-state index contributed by atoms with van der Waals surface area (Å²) >= 11 is 0. The Morgan fingerprint density at radius 2 is 1.65 bits per heavy atom. The van der Waals surface area contributed by atoms with Crippen LogP contribution < -0.4 is 4.90 Å². The lowest BCUT2D eigenvalue weighted by atomic mass is 9.99. The SMILES string of the molecule is CC1CCN(C(=O)Cn2cc(S(=O)(=O)CC(=O)N3CCc4ccccc43)c3ccccc32)CC1. The van der Waals surface area contributed by atoms with E-state index >= 15 is 0 Å². The van der Waals surface area contributed by atoms with Gasteiger partial charge in [0.25, 0.3) is 0 Å². The van der Waals surface area contributed by atoms with Gasteiger partial charge in [0.1, 0.15) is 12.3 Å². The van der Waals surface area contributed by atoms with E-state index in [4.69, 9.17) is 0 Å². The average molecular weight is 480 g/mol. The second-order valence-corrected chi connectivity index (χ2v) is 11.3. The molecule has 0 aliphatic carbocycles. The molecule has 1 fully saturated rings. The van der Waals surface area contributed by atoms with Crippen LogP contribution in [0.3, 0.4) is 0 Å². The molecule has 0 N–H and O–H groups in total. The van der Waals surface area contributed by atoms with E-state index in [0.29, 0.717) is 23.4 Å². The van der Waals surface area contributed by atoms with E-state index in [1.165, 1.54) is 6.20 Å². The standard InChI is InChI=1S/C26H29N3O4S/c1-19-10-13-27(14-11-19)25(30)17-28-16-24(21-7-3-5-9-23(21)28)34(32,33)18-26(31)29-15-12-20-6-2-4-8-22(20)29/h2-9,16,19H,10-15,17-18H2,1H3. The van der Waals surface area contributed by atoms with Gasteiger partial charge in [-0.05, 0) is 42.9 Å². The fourth-order valence-corrected chi connectivity index (χ4v) is 6.44. The predicted octanol–water partition coefficient (Wildman–Crippen LogP) is 3.26. The van der Waals surface area contributed by atoms with Crippen LogP contribution in [0.25, 0.3) is 10.9 Å². The van der Waals surface area contributed by atoms with Gasteiger partial charge in [-0.25, -0.2) is 8.42 Å². The third-order valence-electron chi connectivity index (χ3n) is 7.03. The largest absolute Gasteiger partial charge is 0.341 e. The van der Waals surface area contributed by atoms with E-state index in [1.54, 1.807) is 21.6 Å². The first-order chi connectivity index (χ1) is 16.3. The van der Waals surface area contributed by atoms with Gasteiger partial charge >= 0.3 is 0 Å². The van der Waals surface area contributed by atoms with Gasteiger partial charge in [0, 0.05) is 42.4 Å². The van der Waals surface area contributed by atoms with Crippen LogP contribution in [0.2, 0.25) is 0 Å². The highest BCUT2D eigenvalue weighted by molar-refractivity contribution is 7.92. The molecule has 2 aliphatic rings. The van der Waals surface area contributed by atoms with E-state index in [-0.39, 0.29) is 17.3 Å². The molecule has 1 aromatic heterocycles. The Hall–Kier alpha value is -3.13. The molecule has 0 atom stereocenters. The van der Waals surface area contributed by atoms with E-state index in [0.717, 1.165) is 43.6 Å². The minimum Gasteiger partial charge on any atom is -0.341 e. The fraction of sp³-hybridized carbons (Fsp3) is 0.385. The molecule has 0 spiro atoms. The third kappa shape index (κ3) is 4.22. The number of amides is 2. The number of rotatable bonds is 5. The van der Waals surface area contributed by atoms with Crippen molar-refractivity contribution in [2.75, 3.05) is 30.3 Å². The van der Waals surface area contributed by atoms with Crippen LogP contribution in [0.5, 0.6) is 0 Å². The number of fused-ring (bicyclic) bond motifs is 2. The zero-order valence-electron chi connectivity index (χ0n) is 19.3. The lowest BCUT2D eigenvalue weighted by molar-refractivity contribution is -0.133. The molecular weight excluding hydrogens is 450 g/mol. The molecule has 178 valence electrons. The van der Waals surface area contributed by atoms with Gasteiger partial charge in [0.05, 0.1) is 4.90 Å². The smallest absolute Gasteiger partial charge is 0.242 e. The van der Waals surface area contributed by atoms with Crippen LogP contribution in [0.4, 0.5) is 5.69 Å². The molecule has 0 unspecified atom stereocenters.